The molecular formula is C12H23N. The molecular weight excluding hydrogens is 158 g/mol. The van der Waals surface area contributed by atoms with E-state index in [0.717, 1.165) is 12.0 Å². The first-order valence-corrected chi connectivity index (χ1v) is 5.84. The average Bonchev–Trinajstić information content (AvgIpc) is 2.35. The lowest BCUT2D eigenvalue weighted by Gasteiger charge is -2.45. The first kappa shape index (κ1) is 9.51. The molecule has 0 N–H and O–H groups in total. The molecule has 13 heavy (non-hydrogen) atoms. The summed E-state index contributed by atoms with van der Waals surface area (Å²) in [6.45, 7) is 8.48. The van der Waals surface area contributed by atoms with E-state index in [1.807, 2.05) is 0 Å². The first-order chi connectivity index (χ1) is 6.07. The summed E-state index contributed by atoms with van der Waals surface area (Å²) in [5.74, 6) is 1.01. The lowest BCUT2D eigenvalue weighted by atomic mass is 9.90. The summed E-state index contributed by atoms with van der Waals surface area (Å²) in [6.07, 6.45) is 7.37. The van der Waals surface area contributed by atoms with Gasteiger partial charge in [-0.05, 0) is 52.4 Å². The van der Waals surface area contributed by atoms with Gasteiger partial charge in [-0.2, -0.15) is 0 Å². The van der Waals surface area contributed by atoms with Gasteiger partial charge in [-0.1, -0.05) is 6.42 Å². The Balaban J connectivity index is 2.12. The van der Waals surface area contributed by atoms with Gasteiger partial charge in [0.15, 0.2) is 0 Å². The van der Waals surface area contributed by atoms with Crippen molar-refractivity contribution in [3.8, 4) is 0 Å². The monoisotopic (exact) mass is 181 g/mol. The second-order valence-corrected chi connectivity index (χ2v) is 5.85. The van der Waals surface area contributed by atoms with E-state index in [9.17, 15) is 0 Å². The molecule has 0 aromatic rings. The standard InChI is InChI=1S/C12H23N/c1-12(2,3)13-9-10-5-4-6-11(13)8-7-10/h10-11H,4-9H2,1-3H3. The van der Waals surface area contributed by atoms with Crippen molar-refractivity contribution in [1.29, 1.82) is 0 Å². The summed E-state index contributed by atoms with van der Waals surface area (Å²) >= 11 is 0. The highest BCUT2D eigenvalue weighted by atomic mass is 15.2. The number of hydrogen-bond donors (Lipinski definition) is 0. The van der Waals surface area contributed by atoms with Gasteiger partial charge in [0.1, 0.15) is 0 Å². The zero-order valence-electron chi connectivity index (χ0n) is 9.34. The van der Waals surface area contributed by atoms with E-state index in [4.69, 9.17) is 0 Å². The number of piperidine rings is 1. The van der Waals surface area contributed by atoms with Crippen LogP contribution >= 0.6 is 0 Å². The van der Waals surface area contributed by atoms with Crippen molar-refractivity contribution < 1.29 is 0 Å². The third-order valence-corrected chi connectivity index (χ3v) is 3.82. The van der Waals surface area contributed by atoms with Crippen molar-refractivity contribution >= 4 is 0 Å². The van der Waals surface area contributed by atoms with Crippen LogP contribution in [-0.2, 0) is 0 Å². The predicted octanol–water partition coefficient (Wildman–Crippen LogP) is 3.05. The summed E-state index contributed by atoms with van der Waals surface area (Å²) < 4.78 is 0. The fraction of sp³-hybridized carbons (Fsp3) is 1.00. The van der Waals surface area contributed by atoms with Crippen LogP contribution in [0.3, 0.4) is 0 Å². The molecule has 0 radical (unpaired) electrons. The van der Waals surface area contributed by atoms with Gasteiger partial charge in [0.25, 0.3) is 0 Å². The normalized spacial score (nSPS) is 36.2. The predicted molar refractivity (Wildman–Crippen MR) is 56.8 cm³/mol. The van der Waals surface area contributed by atoms with Crippen LogP contribution in [0.2, 0.25) is 0 Å². The van der Waals surface area contributed by atoms with E-state index in [0.29, 0.717) is 5.54 Å². The van der Waals surface area contributed by atoms with Gasteiger partial charge in [0.2, 0.25) is 0 Å². The zero-order chi connectivity index (χ0) is 9.47. The van der Waals surface area contributed by atoms with Gasteiger partial charge >= 0.3 is 0 Å². The molecule has 3 fully saturated rings. The fourth-order valence-electron chi connectivity index (χ4n) is 3.10. The minimum absolute atomic E-state index is 0.397. The van der Waals surface area contributed by atoms with Crippen LogP contribution in [0.1, 0.15) is 52.9 Å². The molecule has 2 aliphatic heterocycles. The van der Waals surface area contributed by atoms with Crippen LogP contribution in [0.4, 0.5) is 0 Å². The highest BCUT2D eigenvalue weighted by Gasteiger charge is 2.36. The van der Waals surface area contributed by atoms with Crippen molar-refractivity contribution in [2.75, 3.05) is 6.54 Å². The van der Waals surface area contributed by atoms with E-state index in [-0.39, 0.29) is 0 Å². The SMILES string of the molecule is CC(C)(C)N1CC2CCCC1CC2. The summed E-state index contributed by atoms with van der Waals surface area (Å²) in [7, 11) is 0. The Kier molecular flexibility index (Phi) is 2.39. The van der Waals surface area contributed by atoms with Crippen molar-refractivity contribution in [2.45, 2.75) is 64.5 Å². The molecule has 2 atom stereocenters. The Hall–Kier alpha value is -0.0400. The number of nitrogens with zero attached hydrogens (tertiary/aromatic N) is 1. The minimum atomic E-state index is 0.397. The molecule has 2 saturated heterocycles. The third kappa shape index (κ3) is 1.90. The highest BCUT2D eigenvalue weighted by molar-refractivity contribution is 4.91. The molecule has 1 saturated carbocycles. The summed E-state index contributed by atoms with van der Waals surface area (Å²) in [4.78, 5) is 2.76. The summed E-state index contributed by atoms with van der Waals surface area (Å²) in [5, 5.41) is 0. The maximum Gasteiger partial charge on any atom is 0.0128 e. The van der Waals surface area contributed by atoms with Gasteiger partial charge in [-0.15, -0.1) is 0 Å². The number of hydrogen-bond acceptors (Lipinski definition) is 1. The largest absolute Gasteiger partial charge is 0.295 e. The summed E-state index contributed by atoms with van der Waals surface area (Å²) in [6, 6.07) is 0.902. The average molecular weight is 181 g/mol. The molecule has 1 nitrogen and oxygen atoms in total. The Labute approximate surface area is 82.5 Å². The molecule has 0 aromatic carbocycles. The molecule has 0 amide bonds. The van der Waals surface area contributed by atoms with E-state index in [1.54, 1.807) is 0 Å². The smallest absolute Gasteiger partial charge is 0.0128 e. The van der Waals surface area contributed by atoms with Gasteiger partial charge < -0.3 is 0 Å². The maximum atomic E-state index is 2.76. The topological polar surface area (TPSA) is 3.24 Å². The second kappa shape index (κ2) is 3.27. The summed E-state index contributed by atoms with van der Waals surface area (Å²) in [5.41, 5.74) is 0.397. The third-order valence-electron chi connectivity index (χ3n) is 3.82. The van der Waals surface area contributed by atoms with Crippen molar-refractivity contribution in [2.24, 2.45) is 5.92 Å². The van der Waals surface area contributed by atoms with Gasteiger partial charge in [-0.25, -0.2) is 0 Å². The Morgan fingerprint density at radius 2 is 1.77 bits per heavy atom. The van der Waals surface area contributed by atoms with Crippen molar-refractivity contribution in [3.05, 3.63) is 0 Å². The second-order valence-electron chi connectivity index (χ2n) is 5.85. The van der Waals surface area contributed by atoms with E-state index in [2.05, 4.69) is 25.7 Å². The lowest BCUT2D eigenvalue weighted by molar-refractivity contribution is 0.0366. The number of fused-ring (bicyclic) bond motifs is 4. The Bertz CT molecular complexity index is 176. The van der Waals surface area contributed by atoms with Gasteiger partial charge in [0.05, 0.1) is 0 Å². The molecule has 2 heterocycles. The highest BCUT2D eigenvalue weighted by Crippen LogP contribution is 2.36. The molecule has 2 bridgehead atoms. The van der Waals surface area contributed by atoms with Gasteiger partial charge in [-0.3, -0.25) is 4.90 Å². The van der Waals surface area contributed by atoms with E-state index in [1.165, 1.54) is 38.6 Å². The molecule has 0 spiro atoms. The van der Waals surface area contributed by atoms with E-state index < -0.39 is 0 Å². The number of rotatable bonds is 0. The molecule has 1 aliphatic carbocycles. The quantitative estimate of drug-likeness (QED) is 0.555. The van der Waals surface area contributed by atoms with Crippen LogP contribution in [0.25, 0.3) is 0 Å². The fourth-order valence-corrected chi connectivity index (χ4v) is 3.10. The van der Waals surface area contributed by atoms with Crippen LogP contribution in [0.5, 0.6) is 0 Å². The van der Waals surface area contributed by atoms with E-state index >= 15 is 0 Å². The molecule has 76 valence electrons. The molecule has 1 heteroatoms. The van der Waals surface area contributed by atoms with Crippen LogP contribution < -0.4 is 0 Å². The maximum absolute atomic E-state index is 2.76. The Morgan fingerprint density at radius 3 is 2.46 bits per heavy atom. The van der Waals surface area contributed by atoms with Crippen LogP contribution in [-0.4, -0.2) is 23.0 Å². The minimum Gasteiger partial charge on any atom is -0.295 e. The van der Waals surface area contributed by atoms with Gasteiger partial charge in [0, 0.05) is 18.1 Å². The van der Waals surface area contributed by atoms with Crippen LogP contribution in [0, 0.1) is 5.92 Å². The van der Waals surface area contributed by atoms with Crippen LogP contribution in [0.15, 0.2) is 0 Å². The molecule has 3 rings (SSSR count). The van der Waals surface area contributed by atoms with Crippen molar-refractivity contribution in [3.63, 3.8) is 0 Å². The molecule has 3 aliphatic rings. The first-order valence-electron chi connectivity index (χ1n) is 5.84. The molecule has 2 unspecified atom stereocenters. The van der Waals surface area contributed by atoms with Crippen molar-refractivity contribution in [1.82, 2.24) is 4.90 Å². The zero-order valence-corrected chi connectivity index (χ0v) is 9.34. The Morgan fingerprint density at radius 1 is 1.00 bits per heavy atom. The lowest BCUT2D eigenvalue weighted by Crippen LogP contribution is -2.51. The molecule has 0 aromatic heterocycles.